The molecule has 37 heavy (non-hydrogen) atoms. The van der Waals surface area contributed by atoms with Crippen molar-refractivity contribution < 1.29 is 29.2 Å². The van der Waals surface area contributed by atoms with Crippen molar-refractivity contribution in [3.63, 3.8) is 0 Å². The van der Waals surface area contributed by atoms with E-state index in [1.165, 1.54) is 36.6 Å². The molecule has 0 radical (unpaired) electrons. The summed E-state index contributed by atoms with van der Waals surface area (Å²) < 4.78 is 7.66. The van der Waals surface area contributed by atoms with E-state index in [9.17, 15) is 35.4 Å². The van der Waals surface area contributed by atoms with E-state index in [4.69, 9.17) is 4.74 Å². The quantitative estimate of drug-likeness (QED) is 0.122. The van der Waals surface area contributed by atoms with Crippen LogP contribution >= 0.6 is 0 Å². The third-order valence-electron chi connectivity index (χ3n) is 5.32. The zero-order chi connectivity index (χ0) is 26.7. The lowest BCUT2D eigenvalue weighted by Gasteiger charge is -2.10. The molecule has 0 unspecified atom stereocenters. The number of hydrogen-bond acceptors (Lipinski definition) is 9. The molecule has 1 aromatic heterocycles. The Morgan fingerprint density at radius 1 is 0.919 bits per heavy atom. The molecule has 0 saturated carbocycles. The molecular weight excluding hydrogens is 488 g/mol. The highest BCUT2D eigenvalue weighted by molar-refractivity contribution is 5.89. The number of aliphatic hydroxyl groups is 1. The molecule has 4 aromatic rings. The van der Waals surface area contributed by atoms with Gasteiger partial charge in [0.05, 0.1) is 34.0 Å². The molecule has 0 aliphatic carbocycles. The van der Waals surface area contributed by atoms with Gasteiger partial charge in [-0.1, -0.05) is 35.0 Å². The topological polar surface area (TPSA) is 181 Å². The lowest BCUT2D eigenvalue weighted by Crippen LogP contribution is -2.32. The van der Waals surface area contributed by atoms with Crippen LogP contribution in [0.5, 0.6) is 5.75 Å². The van der Waals surface area contributed by atoms with Gasteiger partial charge in [-0.3, -0.25) is 30.3 Å². The number of non-ortho nitro benzene ring substituents is 1. The van der Waals surface area contributed by atoms with Gasteiger partial charge in [-0.2, -0.15) is 4.57 Å². The molecule has 1 heterocycles. The summed E-state index contributed by atoms with van der Waals surface area (Å²) in [4.78, 5) is 32.3. The van der Waals surface area contributed by atoms with Crippen molar-refractivity contribution >= 4 is 28.5 Å². The first-order valence-electron chi connectivity index (χ1n) is 10.4. The minimum absolute atomic E-state index is 0.184. The summed E-state index contributed by atoms with van der Waals surface area (Å²) in [6.45, 7) is 0. The van der Waals surface area contributed by atoms with Crippen molar-refractivity contribution in [1.29, 1.82) is 0 Å². The van der Waals surface area contributed by atoms with Crippen LogP contribution in [0.1, 0.15) is 11.1 Å². The first-order valence-corrected chi connectivity index (χ1v) is 10.4. The van der Waals surface area contributed by atoms with Gasteiger partial charge in [0.2, 0.25) is 6.33 Å². The summed E-state index contributed by atoms with van der Waals surface area (Å²) in [5.41, 5.74) is -3.01. The first-order chi connectivity index (χ1) is 17.7. The molecule has 14 heteroatoms. The van der Waals surface area contributed by atoms with E-state index in [0.29, 0.717) is 23.6 Å². The Kier molecular flexibility index (Phi) is 6.55. The van der Waals surface area contributed by atoms with Crippen molar-refractivity contribution in [2.24, 2.45) is 0 Å². The largest absolute Gasteiger partial charge is 0.504 e. The lowest BCUT2D eigenvalue weighted by molar-refractivity contribution is -0.580. The number of benzene rings is 3. The van der Waals surface area contributed by atoms with Crippen molar-refractivity contribution in [2.45, 2.75) is 0 Å². The number of methoxy groups -OCH3 is 1. The number of aromatic nitrogens is 3. The van der Waals surface area contributed by atoms with Gasteiger partial charge >= 0.3 is 0 Å². The molecule has 4 rings (SSSR count). The average Bonchev–Trinajstić information content (AvgIpc) is 3.38. The van der Waals surface area contributed by atoms with Crippen LogP contribution in [0, 0.1) is 30.3 Å². The first kappa shape index (κ1) is 24.5. The van der Waals surface area contributed by atoms with E-state index < -0.39 is 43.2 Å². The molecule has 0 saturated heterocycles. The summed E-state index contributed by atoms with van der Waals surface area (Å²) in [7, 11) is 1.50. The van der Waals surface area contributed by atoms with Crippen LogP contribution in [0.25, 0.3) is 17.1 Å². The van der Waals surface area contributed by atoms with Crippen LogP contribution in [0.3, 0.4) is 0 Å². The highest BCUT2D eigenvalue weighted by Crippen LogP contribution is 2.39. The summed E-state index contributed by atoms with van der Waals surface area (Å²) in [6, 6.07) is 15.7. The summed E-state index contributed by atoms with van der Waals surface area (Å²) in [5, 5.41) is 50.7. The van der Waals surface area contributed by atoms with Gasteiger partial charge < -0.3 is 9.84 Å². The second kappa shape index (κ2) is 9.91. The predicted octanol–water partition coefficient (Wildman–Crippen LogP) is 3.83. The second-order valence-electron chi connectivity index (χ2n) is 7.49. The summed E-state index contributed by atoms with van der Waals surface area (Å²) in [5.74, 6) is 0.0307. The number of rotatable bonds is 8. The molecule has 0 aliphatic heterocycles. The number of ether oxygens (including phenoxy) is 1. The van der Waals surface area contributed by atoms with Crippen LogP contribution in [0.2, 0.25) is 0 Å². The molecule has 0 aliphatic rings. The van der Waals surface area contributed by atoms with E-state index in [0.717, 1.165) is 4.57 Å². The number of nitro benzene ring substituents is 3. The second-order valence-corrected chi connectivity index (χ2v) is 7.49. The normalized spacial score (nSPS) is 11.5. The number of aliphatic hydroxyl groups excluding tert-OH is 1. The Bertz CT molecular complexity index is 1510. The van der Waals surface area contributed by atoms with Gasteiger partial charge in [-0.25, -0.2) is 0 Å². The molecular formula is C23H17N6O8+. The monoisotopic (exact) mass is 505 g/mol. The number of nitro groups is 3. The van der Waals surface area contributed by atoms with E-state index in [1.807, 2.05) is 0 Å². The van der Waals surface area contributed by atoms with E-state index in [-0.39, 0.29) is 11.3 Å². The molecule has 0 amide bonds. The predicted molar refractivity (Wildman–Crippen MR) is 128 cm³/mol. The van der Waals surface area contributed by atoms with E-state index in [2.05, 4.69) is 5.10 Å². The van der Waals surface area contributed by atoms with E-state index >= 15 is 0 Å². The van der Waals surface area contributed by atoms with Gasteiger partial charge in [0.15, 0.2) is 17.0 Å². The van der Waals surface area contributed by atoms with Crippen LogP contribution < -0.4 is 9.30 Å². The fourth-order valence-corrected chi connectivity index (χ4v) is 3.61. The Labute approximate surface area is 207 Å². The molecule has 186 valence electrons. The standard InChI is InChI=1S/C23H16N6O8/c1-37-18-9-7-16(8-10-18)26-14-25(13-24-26)22(23(30)15-5-3-2-4-6-15)21-19(28(33)34)11-17(27(31)32)12-20(21)29(35)36/h2-14H,1H3/p+1/b23-22+. The Morgan fingerprint density at radius 3 is 2.03 bits per heavy atom. The number of nitrogens with zero attached hydrogens (tertiary/aromatic N) is 6. The Morgan fingerprint density at radius 2 is 1.51 bits per heavy atom. The van der Waals surface area contributed by atoms with Crippen LogP contribution in [-0.2, 0) is 0 Å². The summed E-state index contributed by atoms with van der Waals surface area (Å²) >= 11 is 0. The fourth-order valence-electron chi connectivity index (χ4n) is 3.61. The lowest BCUT2D eigenvalue weighted by atomic mass is 10.0. The zero-order valence-corrected chi connectivity index (χ0v) is 19.0. The SMILES string of the molecule is COc1ccc(-n2c[n+](/C(=C(/O)c3ccccc3)c3c([N+](=O)[O-])cc([N+](=O)[O-])cc3[N+](=O)[O-])cn2)cc1. The maximum absolute atomic E-state index is 12.0. The molecule has 0 atom stereocenters. The summed E-state index contributed by atoms with van der Waals surface area (Å²) in [6.07, 6.45) is 2.53. The molecule has 0 spiro atoms. The van der Waals surface area contributed by atoms with Crippen molar-refractivity contribution in [2.75, 3.05) is 7.11 Å². The highest BCUT2D eigenvalue weighted by Gasteiger charge is 2.37. The molecule has 3 aromatic carbocycles. The van der Waals surface area contributed by atoms with Crippen LogP contribution in [-0.4, -0.2) is 36.8 Å². The third-order valence-corrected chi connectivity index (χ3v) is 5.32. The number of hydrogen-bond donors (Lipinski definition) is 1. The molecule has 0 bridgehead atoms. The van der Waals surface area contributed by atoms with Crippen molar-refractivity contribution in [3.05, 3.63) is 121 Å². The maximum atomic E-state index is 12.0. The molecule has 0 fully saturated rings. The minimum atomic E-state index is -0.984. The van der Waals surface area contributed by atoms with Crippen molar-refractivity contribution in [1.82, 2.24) is 9.78 Å². The van der Waals surface area contributed by atoms with Crippen molar-refractivity contribution in [3.8, 4) is 11.4 Å². The smallest absolute Gasteiger partial charge is 0.294 e. The van der Waals surface area contributed by atoms with Gasteiger partial charge in [0.1, 0.15) is 11.4 Å². The fraction of sp³-hybridized carbons (Fsp3) is 0.0435. The van der Waals surface area contributed by atoms with Crippen LogP contribution in [0.15, 0.2) is 79.4 Å². The highest BCUT2D eigenvalue weighted by atomic mass is 16.6. The molecule has 14 nitrogen and oxygen atoms in total. The van der Waals surface area contributed by atoms with E-state index in [1.54, 1.807) is 42.5 Å². The Hall–Kier alpha value is -5.66. The van der Waals surface area contributed by atoms with Gasteiger partial charge in [-0.15, -0.1) is 0 Å². The maximum Gasteiger partial charge on any atom is 0.294 e. The van der Waals surface area contributed by atoms with Crippen LogP contribution in [0.4, 0.5) is 17.1 Å². The Balaban J connectivity index is 2.04. The minimum Gasteiger partial charge on any atom is -0.504 e. The van der Waals surface area contributed by atoms with Gasteiger partial charge in [0.25, 0.3) is 23.4 Å². The van der Waals surface area contributed by atoms with Gasteiger partial charge in [0, 0.05) is 10.7 Å². The third kappa shape index (κ3) is 4.79. The average molecular weight is 505 g/mol. The zero-order valence-electron chi connectivity index (χ0n) is 19.0. The van der Waals surface area contributed by atoms with Gasteiger partial charge in [-0.05, 0) is 24.3 Å². The molecule has 1 N–H and O–H groups in total.